The molecule has 0 atom stereocenters. The molecule has 1 saturated heterocycles. The predicted molar refractivity (Wildman–Crippen MR) is 130 cm³/mol. The number of carbonyl (C=O) groups excluding carboxylic acids is 3. The summed E-state index contributed by atoms with van der Waals surface area (Å²) in [5.74, 6) is -1.97. The number of nitrogens with one attached hydrogen (secondary N) is 1. The summed E-state index contributed by atoms with van der Waals surface area (Å²) in [6, 6.07) is 22.2. The molecule has 0 saturated carbocycles. The Labute approximate surface area is 199 Å². The van der Waals surface area contributed by atoms with Gasteiger partial charge in [-0.1, -0.05) is 48.5 Å². The summed E-state index contributed by atoms with van der Waals surface area (Å²) >= 11 is 0. The molecule has 0 aromatic heterocycles. The lowest BCUT2D eigenvalue weighted by Crippen LogP contribution is -2.54. The molecule has 4 amide bonds. The summed E-state index contributed by atoms with van der Waals surface area (Å²) in [5.41, 5.74) is 2.15. The molecule has 1 fully saturated rings. The quantitative estimate of drug-likeness (QED) is 0.329. The van der Waals surface area contributed by atoms with Gasteiger partial charge in [-0.25, -0.2) is 14.1 Å². The third-order valence-electron chi connectivity index (χ3n) is 5.84. The van der Waals surface area contributed by atoms with Crippen LogP contribution >= 0.6 is 0 Å². The lowest BCUT2D eigenvalue weighted by molar-refractivity contribution is -0.122. The van der Waals surface area contributed by atoms with Gasteiger partial charge in [-0.15, -0.1) is 0 Å². The second kappa shape index (κ2) is 8.87. The molecule has 0 aliphatic carbocycles. The standard InChI is InChI=1S/C28H19FN2O4/c29-20-6-3-4-17(15-20)14-19-9-8-18-5-1-2-7-23(18)24(19)16-25-26(33)30-28(35)31(27(25)34)21-10-12-22(32)13-11-21/h1-13,15-16,32H,14H2,(H,30,33,35)/b25-16+. The van der Waals surface area contributed by atoms with Gasteiger partial charge >= 0.3 is 6.03 Å². The first-order chi connectivity index (χ1) is 16.9. The third kappa shape index (κ3) is 4.27. The fourth-order valence-electron chi connectivity index (χ4n) is 4.17. The van der Waals surface area contributed by atoms with Gasteiger partial charge in [-0.3, -0.25) is 14.9 Å². The van der Waals surface area contributed by atoms with Crippen molar-refractivity contribution in [3.63, 3.8) is 0 Å². The zero-order valence-electron chi connectivity index (χ0n) is 18.4. The number of hydrogen-bond acceptors (Lipinski definition) is 4. The number of urea groups is 1. The minimum Gasteiger partial charge on any atom is -0.508 e. The highest BCUT2D eigenvalue weighted by molar-refractivity contribution is 6.39. The number of hydrogen-bond donors (Lipinski definition) is 2. The van der Waals surface area contributed by atoms with E-state index in [4.69, 9.17) is 0 Å². The van der Waals surface area contributed by atoms with Gasteiger partial charge in [0.15, 0.2) is 0 Å². The Hall–Kier alpha value is -4.78. The van der Waals surface area contributed by atoms with Crippen molar-refractivity contribution in [2.45, 2.75) is 6.42 Å². The number of barbiturate groups is 1. The minimum atomic E-state index is -0.874. The molecule has 1 aliphatic heterocycles. The van der Waals surface area contributed by atoms with E-state index in [1.54, 1.807) is 12.1 Å². The van der Waals surface area contributed by atoms with Crippen LogP contribution in [-0.4, -0.2) is 23.0 Å². The largest absolute Gasteiger partial charge is 0.508 e. The summed E-state index contributed by atoms with van der Waals surface area (Å²) in [7, 11) is 0. The molecule has 0 unspecified atom stereocenters. The van der Waals surface area contributed by atoms with Gasteiger partial charge in [0, 0.05) is 0 Å². The zero-order valence-corrected chi connectivity index (χ0v) is 18.4. The van der Waals surface area contributed by atoms with Gasteiger partial charge < -0.3 is 5.11 Å². The van der Waals surface area contributed by atoms with Gasteiger partial charge in [-0.05, 0) is 76.4 Å². The zero-order chi connectivity index (χ0) is 24.5. The van der Waals surface area contributed by atoms with Gasteiger partial charge in [0.25, 0.3) is 11.8 Å². The number of imide groups is 2. The first kappa shape index (κ1) is 22.0. The van der Waals surface area contributed by atoms with Crippen LogP contribution in [0.2, 0.25) is 0 Å². The Morgan fingerprint density at radius 2 is 1.66 bits per heavy atom. The Morgan fingerprint density at radius 1 is 0.886 bits per heavy atom. The number of nitrogens with zero attached hydrogens (tertiary/aromatic N) is 1. The Morgan fingerprint density at radius 3 is 2.43 bits per heavy atom. The van der Waals surface area contributed by atoms with Crippen molar-refractivity contribution in [2.75, 3.05) is 4.90 Å². The van der Waals surface area contributed by atoms with E-state index in [0.717, 1.165) is 26.8 Å². The van der Waals surface area contributed by atoms with Crippen LogP contribution in [0.4, 0.5) is 14.9 Å². The van der Waals surface area contributed by atoms with Gasteiger partial charge in [0.05, 0.1) is 5.69 Å². The second-order valence-electron chi connectivity index (χ2n) is 8.14. The van der Waals surface area contributed by atoms with Crippen LogP contribution in [0.15, 0.2) is 90.5 Å². The molecular formula is C28H19FN2O4. The average molecular weight is 466 g/mol. The molecule has 4 aromatic rings. The number of anilines is 1. The van der Waals surface area contributed by atoms with E-state index in [9.17, 15) is 23.9 Å². The summed E-state index contributed by atoms with van der Waals surface area (Å²) in [4.78, 5) is 39.5. The van der Waals surface area contributed by atoms with Crippen LogP contribution in [0.5, 0.6) is 5.75 Å². The Balaban J connectivity index is 1.64. The van der Waals surface area contributed by atoms with E-state index in [2.05, 4.69) is 5.32 Å². The second-order valence-corrected chi connectivity index (χ2v) is 8.14. The van der Waals surface area contributed by atoms with Gasteiger partial charge in [0.2, 0.25) is 0 Å². The van der Waals surface area contributed by atoms with Gasteiger partial charge in [0.1, 0.15) is 17.1 Å². The molecule has 1 aliphatic rings. The van der Waals surface area contributed by atoms with Crippen molar-refractivity contribution in [3.8, 4) is 5.75 Å². The van der Waals surface area contributed by atoms with Crippen molar-refractivity contribution in [1.82, 2.24) is 5.32 Å². The van der Waals surface area contributed by atoms with Gasteiger partial charge in [-0.2, -0.15) is 0 Å². The molecule has 172 valence electrons. The van der Waals surface area contributed by atoms with E-state index < -0.39 is 17.8 Å². The molecule has 0 radical (unpaired) electrons. The minimum absolute atomic E-state index is 0.0248. The number of carbonyl (C=O) groups is 3. The number of halogens is 1. The summed E-state index contributed by atoms with van der Waals surface area (Å²) in [6.07, 6.45) is 1.85. The van der Waals surface area contributed by atoms with Crippen molar-refractivity contribution in [1.29, 1.82) is 0 Å². The van der Waals surface area contributed by atoms with Crippen molar-refractivity contribution < 1.29 is 23.9 Å². The number of benzene rings is 4. The van der Waals surface area contributed by atoms with E-state index in [1.807, 2.05) is 36.4 Å². The van der Waals surface area contributed by atoms with Crippen LogP contribution in [0.1, 0.15) is 16.7 Å². The van der Waals surface area contributed by atoms with Crippen LogP contribution < -0.4 is 10.2 Å². The monoisotopic (exact) mass is 466 g/mol. The highest BCUT2D eigenvalue weighted by Gasteiger charge is 2.37. The molecule has 35 heavy (non-hydrogen) atoms. The molecule has 1 heterocycles. The van der Waals surface area contributed by atoms with Crippen LogP contribution in [-0.2, 0) is 16.0 Å². The highest BCUT2D eigenvalue weighted by Crippen LogP contribution is 2.29. The van der Waals surface area contributed by atoms with Crippen molar-refractivity contribution >= 4 is 40.4 Å². The fraction of sp³-hybridized carbons (Fsp3) is 0.0357. The number of phenols is 1. The summed E-state index contributed by atoms with van der Waals surface area (Å²) in [6.45, 7) is 0. The van der Waals surface area contributed by atoms with Crippen molar-refractivity contribution in [3.05, 3.63) is 113 Å². The SMILES string of the molecule is O=C1NC(=O)N(c2ccc(O)cc2)C(=O)/C1=C/c1c(Cc2cccc(F)c2)ccc2ccccc12. The first-order valence-electron chi connectivity index (χ1n) is 10.9. The maximum absolute atomic E-state index is 13.8. The Bertz CT molecular complexity index is 1530. The van der Waals surface area contributed by atoms with E-state index >= 15 is 0 Å². The lowest BCUT2D eigenvalue weighted by atomic mass is 9.92. The highest BCUT2D eigenvalue weighted by atomic mass is 19.1. The molecule has 4 aromatic carbocycles. The average Bonchev–Trinajstić information content (AvgIpc) is 2.84. The van der Waals surface area contributed by atoms with E-state index in [-0.39, 0.29) is 22.8 Å². The summed E-state index contributed by atoms with van der Waals surface area (Å²) in [5, 5.41) is 13.5. The first-order valence-corrected chi connectivity index (χ1v) is 10.9. The fourth-order valence-corrected chi connectivity index (χ4v) is 4.17. The van der Waals surface area contributed by atoms with Crippen LogP contribution in [0, 0.1) is 5.82 Å². The van der Waals surface area contributed by atoms with Crippen LogP contribution in [0.25, 0.3) is 16.8 Å². The van der Waals surface area contributed by atoms with Crippen LogP contribution in [0.3, 0.4) is 0 Å². The summed E-state index contributed by atoms with van der Waals surface area (Å²) < 4.78 is 13.8. The predicted octanol–water partition coefficient (Wildman–Crippen LogP) is 4.94. The lowest BCUT2D eigenvalue weighted by Gasteiger charge is -2.26. The molecule has 0 spiro atoms. The van der Waals surface area contributed by atoms with E-state index in [1.165, 1.54) is 42.5 Å². The van der Waals surface area contributed by atoms with E-state index in [0.29, 0.717) is 12.0 Å². The normalized spacial score (nSPS) is 15.1. The molecular weight excluding hydrogens is 447 g/mol. The molecule has 5 rings (SSSR count). The number of amides is 4. The number of fused-ring (bicyclic) bond motifs is 1. The molecule has 6 nitrogen and oxygen atoms in total. The Kier molecular flexibility index (Phi) is 5.58. The maximum Gasteiger partial charge on any atom is 0.335 e. The number of phenolic OH excluding ortho intramolecular Hbond substituents is 1. The molecule has 2 N–H and O–H groups in total. The maximum atomic E-state index is 13.8. The molecule has 0 bridgehead atoms. The van der Waals surface area contributed by atoms with Crippen molar-refractivity contribution in [2.24, 2.45) is 0 Å². The smallest absolute Gasteiger partial charge is 0.335 e. The topological polar surface area (TPSA) is 86.7 Å². The number of aromatic hydroxyl groups is 1. The third-order valence-corrected chi connectivity index (χ3v) is 5.84. The number of rotatable bonds is 4. The molecule has 7 heteroatoms.